The molecular weight excluding hydrogens is 310 g/mol. The van der Waals surface area contributed by atoms with Gasteiger partial charge in [0, 0.05) is 0 Å². The van der Waals surface area contributed by atoms with E-state index in [1.807, 2.05) is 66.7 Å². The predicted octanol–water partition coefficient (Wildman–Crippen LogP) is 5.22. The fourth-order valence-corrected chi connectivity index (χ4v) is 2.55. The van der Waals surface area contributed by atoms with Crippen molar-refractivity contribution >= 4 is 11.6 Å². The number of nitrogens with one attached hydrogen (secondary N) is 1. The molecule has 0 saturated heterocycles. The zero-order valence-electron chi connectivity index (χ0n) is 14.2. The van der Waals surface area contributed by atoms with Crippen LogP contribution in [0.15, 0.2) is 78.9 Å². The number of benzene rings is 3. The number of amides is 1. The molecule has 0 fully saturated rings. The number of para-hydroxylation sites is 3. The third kappa shape index (κ3) is 4.70. The summed E-state index contributed by atoms with van der Waals surface area (Å²) < 4.78 is 5.88. The second kappa shape index (κ2) is 8.15. The predicted molar refractivity (Wildman–Crippen MR) is 101 cm³/mol. The maximum atomic E-state index is 12.4. The van der Waals surface area contributed by atoms with Crippen molar-refractivity contribution in [1.82, 2.24) is 0 Å². The van der Waals surface area contributed by atoms with E-state index in [1.54, 1.807) is 0 Å². The van der Waals surface area contributed by atoms with Gasteiger partial charge in [-0.1, -0.05) is 61.5 Å². The zero-order chi connectivity index (χ0) is 17.5. The first-order chi connectivity index (χ1) is 12.2. The highest BCUT2D eigenvalue weighted by Gasteiger charge is 2.09. The van der Waals surface area contributed by atoms with Crippen molar-refractivity contribution in [3.63, 3.8) is 0 Å². The molecule has 0 aliphatic heterocycles. The lowest BCUT2D eigenvalue weighted by molar-refractivity contribution is -0.115. The van der Waals surface area contributed by atoms with Crippen LogP contribution in [0.25, 0.3) is 0 Å². The first-order valence-corrected chi connectivity index (χ1v) is 8.44. The number of carbonyl (C=O) groups excluding carboxylic acids is 1. The molecule has 0 bridgehead atoms. The van der Waals surface area contributed by atoms with Crippen LogP contribution in [0.4, 0.5) is 5.69 Å². The summed E-state index contributed by atoms with van der Waals surface area (Å²) >= 11 is 0. The SMILES string of the molecule is CCc1ccc(CC(=O)Nc2ccccc2Oc2ccccc2)cc1. The third-order valence-electron chi connectivity index (χ3n) is 3.93. The molecule has 0 atom stereocenters. The summed E-state index contributed by atoms with van der Waals surface area (Å²) in [6, 6.07) is 25.1. The molecule has 25 heavy (non-hydrogen) atoms. The van der Waals surface area contributed by atoms with Gasteiger partial charge in [0.15, 0.2) is 5.75 Å². The van der Waals surface area contributed by atoms with Crippen LogP contribution in [0.2, 0.25) is 0 Å². The van der Waals surface area contributed by atoms with Gasteiger partial charge in [0.25, 0.3) is 0 Å². The van der Waals surface area contributed by atoms with Crippen LogP contribution in [0.5, 0.6) is 11.5 Å². The van der Waals surface area contributed by atoms with Crippen LogP contribution in [0, 0.1) is 0 Å². The summed E-state index contributed by atoms with van der Waals surface area (Å²) in [5.74, 6) is 1.30. The van der Waals surface area contributed by atoms with Crippen LogP contribution >= 0.6 is 0 Å². The minimum Gasteiger partial charge on any atom is -0.455 e. The van der Waals surface area contributed by atoms with Crippen molar-refractivity contribution in [2.45, 2.75) is 19.8 Å². The Balaban J connectivity index is 1.68. The Morgan fingerprint density at radius 1 is 0.840 bits per heavy atom. The molecule has 0 aliphatic rings. The van der Waals surface area contributed by atoms with Crippen molar-refractivity contribution in [2.24, 2.45) is 0 Å². The third-order valence-corrected chi connectivity index (χ3v) is 3.93. The van der Waals surface area contributed by atoms with Gasteiger partial charge < -0.3 is 10.1 Å². The number of hydrogen-bond donors (Lipinski definition) is 1. The fourth-order valence-electron chi connectivity index (χ4n) is 2.55. The van der Waals surface area contributed by atoms with E-state index in [1.165, 1.54) is 5.56 Å². The van der Waals surface area contributed by atoms with Crippen LogP contribution < -0.4 is 10.1 Å². The van der Waals surface area contributed by atoms with Gasteiger partial charge in [0.1, 0.15) is 5.75 Å². The molecule has 3 aromatic carbocycles. The fraction of sp³-hybridized carbons (Fsp3) is 0.136. The van der Waals surface area contributed by atoms with Gasteiger partial charge in [0.05, 0.1) is 12.1 Å². The lowest BCUT2D eigenvalue weighted by atomic mass is 10.1. The number of anilines is 1. The molecule has 0 aliphatic carbocycles. The molecule has 1 amide bonds. The maximum absolute atomic E-state index is 12.4. The molecule has 0 radical (unpaired) electrons. The molecule has 0 aromatic heterocycles. The standard InChI is InChI=1S/C22H21NO2/c1-2-17-12-14-18(15-13-17)16-22(24)23-20-10-6-7-11-21(20)25-19-8-4-3-5-9-19/h3-15H,2,16H2,1H3,(H,23,24). The molecule has 0 spiro atoms. The number of aryl methyl sites for hydroxylation is 1. The van der Waals surface area contributed by atoms with E-state index in [0.717, 1.165) is 17.7 Å². The molecule has 3 aromatic rings. The van der Waals surface area contributed by atoms with E-state index in [0.29, 0.717) is 17.9 Å². The van der Waals surface area contributed by atoms with Gasteiger partial charge >= 0.3 is 0 Å². The monoisotopic (exact) mass is 331 g/mol. The van der Waals surface area contributed by atoms with Gasteiger partial charge in [-0.25, -0.2) is 0 Å². The smallest absolute Gasteiger partial charge is 0.228 e. The summed E-state index contributed by atoms with van der Waals surface area (Å²) in [5, 5.41) is 2.94. The Kier molecular flexibility index (Phi) is 5.47. The summed E-state index contributed by atoms with van der Waals surface area (Å²) in [6.45, 7) is 2.12. The topological polar surface area (TPSA) is 38.3 Å². The van der Waals surface area contributed by atoms with E-state index in [2.05, 4.69) is 24.4 Å². The van der Waals surface area contributed by atoms with Crippen molar-refractivity contribution < 1.29 is 9.53 Å². The highest BCUT2D eigenvalue weighted by Crippen LogP contribution is 2.29. The van der Waals surface area contributed by atoms with E-state index in [9.17, 15) is 4.79 Å². The lowest BCUT2D eigenvalue weighted by Crippen LogP contribution is -2.14. The Morgan fingerprint density at radius 2 is 1.48 bits per heavy atom. The summed E-state index contributed by atoms with van der Waals surface area (Å²) in [6.07, 6.45) is 1.33. The normalized spacial score (nSPS) is 10.3. The molecule has 0 unspecified atom stereocenters. The largest absolute Gasteiger partial charge is 0.455 e. The first-order valence-electron chi connectivity index (χ1n) is 8.44. The quantitative estimate of drug-likeness (QED) is 0.672. The Bertz CT molecular complexity index is 826. The molecule has 126 valence electrons. The molecule has 3 nitrogen and oxygen atoms in total. The van der Waals surface area contributed by atoms with Crippen LogP contribution in [0.1, 0.15) is 18.1 Å². The number of rotatable bonds is 6. The summed E-state index contributed by atoms with van der Waals surface area (Å²) in [7, 11) is 0. The van der Waals surface area contributed by atoms with Crippen molar-refractivity contribution in [2.75, 3.05) is 5.32 Å². The summed E-state index contributed by atoms with van der Waals surface area (Å²) in [5.41, 5.74) is 2.93. The Hall–Kier alpha value is -3.07. The lowest BCUT2D eigenvalue weighted by Gasteiger charge is -2.12. The first kappa shape index (κ1) is 16.8. The van der Waals surface area contributed by atoms with Gasteiger partial charge in [-0.15, -0.1) is 0 Å². The van der Waals surface area contributed by atoms with E-state index in [4.69, 9.17) is 4.74 Å². The second-order valence-electron chi connectivity index (χ2n) is 5.81. The van der Waals surface area contributed by atoms with Crippen molar-refractivity contribution in [1.29, 1.82) is 0 Å². The number of carbonyl (C=O) groups is 1. The van der Waals surface area contributed by atoms with Crippen LogP contribution in [0.3, 0.4) is 0 Å². The minimum absolute atomic E-state index is 0.0617. The van der Waals surface area contributed by atoms with Gasteiger partial charge in [-0.2, -0.15) is 0 Å². The van der Waals surface area contributed by atoms with E-state index >= 15 is 0 Å². The van der Waals surface area contributed by atoms with E-state index in [-0.39, 0.29) is 5.91 Å². The Labute approximate surface area is 148 Å². The molecule has 3 heteroatoms. The molecular formula is C22H21NO2. The minimum atomic E-state index is -0.0617. The van der Waals surface area contributed by atoms with Crippen molar-refractivity contribution in [3.8, 4) is 11.5 Å². The highest BCUT2D eigenvalue weighted by molar-refractivity contribution is 5.93. The van der Waals surface area contributed by atoms with Crippen LogP contribution in [-0.4, -0.2) is 5.91 Å². The maximum Gasteiger partial charge on any atom is 0.228 e. The van der Waals surface area contributed by atoms with Gasteiger partial charge in [0.2, 0.25) is 5.91 Å². The van der Waals surface area contributed by atoms with Crippen LogP contribution in [-0.2, 0) is 17.6 Å². The number of hydrogen-bond acceptors (Lipinski definition) is 2. The van der Waals surface area contributed by atoms with Gasteiger partial charge in [-0.3, -0.25) is 4.79 Å². The molecule has 0 heterocycles. The van der Waals surface area contributed by atoms with E-state index < -0.39 is 0 Å². The Morgan fingerprint density at radius 3 is 2.20 bits per heavy atom. The molecule has 3 rings (SSSR count). The average Bonchev–Trinajstić information content (AvgIpc) is 2.65. The highest BCUT2D eigenvalue weighted by atomic mass is 16.5. The molecule has 1 N–H and O–H groups in total. The van der Waals surface area contributed by atoms with Gasteiger partial charge in [-0.05, 0) is 41.8 Å². The average molecular weight is 331 g/mol. The number of ether oxygens (including phenoxy) is 1. The second-order valence-corrected chi connectivity index (χ2v) is 5.81. The summed E-state index contributed by atoms with van der Waals surface area (Å²) in [4.78, 5) is 12.4. The zero-order valence-corrected chi connectivity index (χ0v) is 14.2. The molecule has 0 saturated carbocycles. The van der Waals surface area contributed by atoms with Crippen molar-refractivity contribution in [3.05, 3.63) is 90.0 Å².